The highest BCUT2D eigenvalue weighted by atomic mass is 32.1. The van der Waals surface area contributed by atoms with E-state index in [1.165, 1.54) is 17.4 Å². The van der Waals surface area contributed by atoms with Crippen LogP contribution in [0.25, 0.3) is 6.08 Å². The quantitative estimate of drug-likeness (QED) is 0.755. The normalized spacial score (nSPS) is 8.53. The number of thiophene rings is 1. The molecule has 0 amide bonds. The average molecular weight is 238 g/mol. The van der Waals surface area contributed by atoms with E-state index in [0.717, 1.165) is 9.75 Å². The molecule has 0 aliphatic rings. The van der Waals surface area contributed by atoms with Gasteiger partial charge < -0.3 is 0 Å². The van der Waals surface area contributed by atoms with Crippen molar-refractivity contribution < 1.29 is 0 Å². The van der Waals surface area contributed by atoms with Gasteiger partial charge in [0.25, 0.3) is 0 Å². The summed E-state index contributed by atoms with van der Waals surface area (Å²) in [6.45, 7) is 0. The Morgan fingerprint density at radius 1 is 1.18 bits per heavy atom. The van der Waals surface area contributed by atoms with Gasteiger partial charge in [-0.05, 0) is 18.2 Å². The minimum Gasteiger partial charge on any atom is -0.197 e. The first-order chi connectivity index (χ1) is 8.23. The van der Waals surface area contributed by atoms with Gasteiger partial charge in [-0.3, -0.25) is 0 Å². The van der Waals surface area contributed by atoms with Crippen LogP contribution in [0.5, 0.6) is 0 Å². The van der Waals surface area contributed by atoms with E-state index in [1.54, 1.807) is 24.3 Å². The Morgan fingerprint density at radius 3 is 2.35 bits per heavy atom. The highest BCUT2D eigenvalue weighted by Crippen LogP contribution is 2.21. The van der Waals surface area contributed by atoms with Crippen molar-refractivity contribution in [3.05, 3.63) is 27.5 Å². The smallest absolute Gasteiger partial charge is 0.138 e. The highest BCUT2D eigenvalue weighted by molar-refractivity contribution is 7.12. The first kappa shape index (κ1) is 12.5. The maximum Gasteiger partial charge on any atom is 0.138 e. The lowest BCUT2D eigenvalue weighted by Gasteiger charge is -1.94. The molecule has 5 heteroatoms. The molecule has 0 spiro atoms. The van der Waals surface area contributed by atoms with Crippen molar-refractivity contribution in [1.82, 2.24) is 0 Å². The molecule has 0 saturated heterocycles. The Morgan fingerprint density at radius 2 is 1.82 bits per heavy atom. The Balaban J connectivity index is 2.85. The molecule has 0 aliphatic carbocycles. The zero-order valence-electron chi connectivity index (χ0n) is 8.71. The number of allylic oxidation sites excluding steroid dienone is 1. The molecule has 0 radical (unpaired) electrons. The number of nitriles is 4. The molecule has 0 bridgehead atoms. The van der Waals surface area contributed by atoms with Crippen LogP contribution in [0.15, 0.2) is 17.7 Å². The van der Waals surface area contributed by atoms with Crippen LogP contribution in [0.1, 0.15) is 9.75 Å². The second kappa shape index (κ2) is 6.09. The Bertz CT molecular complexity index is 568. The van der Waals surface area contributed by atoms with Gasteiger partial charge in [-0.1, -0.05) is 0 Å². The minimum atomic E-state index is -0.656. The fraction of sp³-hybridized carbons (Fsp3) is 0.167. The molecule has 1 rings (SSSR count). The van der Waals surface area contributed by atoms with Gasteiger partial charge in [0.15, 0.2) is 0 Å². The predicted octanol–water partition coefficient (Wildman–Crippen LogP) is 2.38. The third-order valence-corrected chi connectivity index (χ3v) is 2.98. The Hall–Kier alpha value is -2.60. The van der Waals surface area contributed by atoms with E-state index in [2.05, 4.69) is 0 Å². The van der Waals surface area contributed by atoms with E-state index in [4.69, 9.17) is 21.0 Å². The van der Waals surface area contributed by atoms with Crippen LogP contribution in [0, 0.1) is 51.2 Å². The lowest BCUT2D eigenvalue weighted by atomic mass is 10.1. The molecule has 0 aliphatic heterocycles. The fourth-order valence-corrected chi connectivity index (χ4v) is 2.14. The zero-order valence-corrected chi connectivity index (χ0v) is 9.53. The molecule has 1 aromatic rings. The zero-order chi connectivity index (χ0) is 12.7. The van der Waals surface area contributed by atoms with Gasteiger partial charge in [0.05, 0.1) is 12.1 Å². The van der Waals surface area contributed by atoms with Crippen LogP contribution in [-0.4, -0.2) is 0 Å². The van der Waals surface area contributed by atoms with E-state index in [1.807, 2.05) is 12.1 Å². The van der Waals surface area contributed by atoms with Gasteiger partial charge in [0, 0.05) is 16.2 Å². The largest absolute Gasteiger partial charge is 0.197 e. The molecular weight excluding hydrogens is 232 g/mol. The van der Waals surface area contributed by atoms with E-state index in [-0.39, 0.29) is 5.57 Å². The predicted molar refractivity (Wildman–Crippen MR) is 61.9 cm³/mol. The number of rotatable bonds is 3. The summed E-state index contributed by atoms with van der Waals surface area (Å²) in [7, 11) is 0. The summed E-state index contributed by atoms with van der Waals surface area (Å²) in [5.74, 6) is -0.656. The Kier molecular flexibility index (Phi) is 4.46. The topological polar surface area (TPSA) is 95.2 Å². The van der Waals surface area contributed by atoms with Crippen LogP contribution in [-0.2, 0) is 6.42 Å². The van der Waals surface area contributed by atoms with Gasteiger partial charge in [-0.2, -0.15) is 21.0 Å². The van der Waals surface area contributed by atoms with Crippen molar-refractivity contribution in [3.63, 3.8) is 0 Å². The number of nitrogens with zero attached hydrogens (tertiary/aromatic N) is 4. The van der Waals surface area contributed by atoms with Crippen molar-refractivity contribution in [1.29, 1.82) is 21.0 Å². The van der Waals surface area contributed by atoms with Crippen molar-refractivity contribution in [2.45, 2.75) is 6.42 Å². The second-order valence-electron chi connectivity index (χ2n) is 3.10. The SMILES string of the molecule is N#CC(C#N)=Cc1ccc(CC(C#N)C#N)s1. The number of hydrogen-bond acceptors (Lipinski definition) is 5. The summed E-state index contributed by atoms with van der Waals surface area (Å²) in [6, 6.07) is 10.9. The number of hydrogen-bond donors (Lipinski definition) is 0. The van der Waals surface area contributed by atoms with Gasteiger partial charge in [-0.15, -0.1) is 11.3 Å². The highest BCUT2D eigenvalue weighted by Gasteiger charge is 2.08. The van der Waals surface area contributed by atoms with E-state index in [9.17, 15) is 0 Å². The molecule has 0 atom stereocenters. The molecule has 80 valence electrons. The summed E-state index contributed by atoms with van der Waals surface area (Å²) in [5, 5.41) is 34.5. The summed E-state index contributed by atoms with van der Waals surface area (Å²) >= 11 is 1.37. The lowest BCUT2D eigenvalue weighted by molar-refractivity contribution is 0.847. The molecule has 17 heavy (non-hydrogen) atoms. The maximum absolute atomic E-state index is 8.65. The van der Waals surface area contributed by atoms with Crippen molar-refractivity contribution in [3.8, 4) is 24.3 Å². The molecule has 0 unspecified atom stereocenters. The maximum atomic E-state index is 8.65. The van der Waals surface area contributed by atoms with Gasteiger partial charge >= 0.3 is 0 Å². The van der Waals surface area contributed by atoms with Crippen LogP contribution >= 0.6 is 11.3 Å². The molecule has 0 fully saturated rings. The first-order valence-corrected chi connectivity index (χ1v) is 5.45. The van der Waals surface area contributed by atoms with Crippen molar-refractivity contribution >= 4 is 17.4 Å². The second-order valence-corrected chi connectivity index (χ2v) is 4.30. The van der Waals surface area contributed by atoms with Gasteiger partial charge in [-0.25, -0.2) is 0 Å². The third-order valence-electron chi connectivity index (χ3n) is 1.93. The molecule has 0 N–H and O–H groups in total. The molecule has 0 saturated carbocycles. The monoisotopic (exact) mass is 238 g/mol. The standard InChI is InChI=1S/C12H6N4S/c13-5-9(6-14)3-11-1-2-12(17-11)4-10(7-15)8-16/h1-3,10H,4H2. The molecule has 1 aromatic heterocycles. The summed E-state index contributed by atoms with van der Waals surface area (Å²) in [5.41, 5.74) is 0.0375. The molecular formula is C12H6N4S. The van der Waals surface area contributed by atoms with E-state index in [0.29, 0.717) is 6.42 Å². The summed E-state index contributed by atoms with van der Waals surface area (Å²) in [4.78, 5) is 1.66. The van der Waals surface area contributed by atoms with Gasteiger partial charge in [0.1, 0.15) is 23.6 Å². The minimum absolute atomic E-state index is 0.0375. The van der Waals surface area contributed by atoms with Crippen LogP contribution in [0.2, 0.25) is 0 Å². The van der Waals surface area contributed by atoms with Crippen molar-refractivity contribution in [2.75, 3.05) is 0 Å². The van der Waals surface area contributed by atoms with Crippen LogP contribution < -0.4 is 0 Å². The molecule has 4 nitrogen and oxygen atoms in total. The first-order valence-electron chi connectivity index (χ1n) is 4.63. The van der Waals surface area contributed by atoms with Gasteiger partial charge in [0.2, 0.25) is 0 Å². The van der Waals surface area contributed by atoms with E-state index >= 15 is 0 Å². The summed E-state index contributed by atoms with van der Waals surface area (Å²) < 4.78 is 0. The molecule has 0 aromatic carbocycles. The Labute approximate surface area is 103 Å². The average Bonchev–Trinajstić information content (AvgIpc) is 2.80. The molecule has 1 heterocycles. The lowest BCUT2D eigenvalue weighted by Crippen LogP contribution is -1.95. The third kappa shape index (κ3) is 3.47. The van der Waals surface area contributed by atoms with Crippen LogP contribution in [0.4, 0.5) is 0 Å². The fourth-order valence-electron chi connectivity index (χ4n) is 1.13. The summed E-state index contributed by atoms with van der Waals surface area (Å²) in [6.07, 6.45) is 1.86. The van der Waals surface area contributed by atoms with Crippen LogP contribution in [0.3, 0.4) is 0 Å². The van der Waals surface area contributed by atoms with E-state index < -0.39 is 5.92 Å². The van der Waals surface area contributed by atoms with Crippen molar-refractivity contribution in [2.24, 2.45) is 5.92 Å².